The highest BCUT2D eigenvalue weighted by Gasteiger charge is 2.10. The fourth-order valence-electron chi connectivity index (χ4n) is 4.26. The number of aromatic hydroxyl groups is 2. The van der Waals surface area contributed by atoms with Crippen LogP contribution in [0, 0.1) is 73.6 Å². The van der Waals surface area contributed by atoms with Gasteiger partial charge < -0.3 is 14.9 Å². The molecule has 5 rings (SSSR count). The largest absolute Gasteiger partial charge is 0.504 e. The van der Waals surface area contributed by atoms with Gasteiger partial charge in [-0.3, -0.25) is 4.79 Å². The normalized spacial score (nSPS) is 9.43. The SMILES string of the molecule is CC#N.Cc1cc(C(=O)Cl)cc(OCc2ccccc2)c1C.Cc1cccc(C)c1C.Cc1cccc(C)c1C.Cc1cccc(O)c1O. The van der Waals surface area contributed by atoms with Gasteiger partial charge in [0.2, 0.25) is 0 Å². The maximum absolute atomic E-state index is 11.2. The summed E-state index contributed by atoms with van der Waals surface area (Å²) in [6, 6.07) is 32.7. The maximum Gasteiger partial charge on any atom is 0.252 e. The fraction of sp³-hybridized carbons (Fsp3) is 0.256. The zero-order chi connectivity index (χ0) is 37.1. The molecule has 0 amide bonds. The second kappa shape index (κ2) is 21.8. The Hall–Kier alpha value is -5.05. The number of carbonyl (C=O) groups is 1. The number of nitriles is 1. The van der Waals surface area contributed by atoms with Crippen LogP contribution >= 0.6 is 11.6 Å². The number of carbonyl (C=O) groups excluding carboxylic acids is 1. The van der Waals surface area contributed by atoms with Crippen LogP contribution in [0.3, 0.4) is 0 Å². The molecule has 0 spiro atoms. The first-order valence-electron chi connectivity index (χ1n) is 16.0. The fourth-order valence-corrected chi connectivity index (χ4v) is 4.37. The Balaban J connectivity index is 0.000000339. The molecule has 49 heavy (non-hydrogen) atoms. The molecule has 5 nitrogen and oxygen atoms in total. The molecule has 0 saturated heterocycles. The Bertz CT molecular complexity index is 1650. The summed E-state index contributed by atoms with van der Waals surface area (Å²) >= 11 is 5.52. The number of benzene rings is 5. The Morgan fingerprint density at radius 1 is 0.633 bits per heavy atom. The molecule has 2 N–H and O–H groups in total. The van der Waals surface area contributed by atoms with E-state index in [1.807, 2.05) is 44.2 Å². The van der Waals surface area contributed by atoms with Crippen molar-refractivity contribution >= 4 is 16.8 Å². The Kier molecular flexibility index (Phi) is 18.6. The number of hydrogen-bond donors (Lipinski definition) is 2. The van der Waals surface area contributed by atoms with Crippen LogP contribution in [0.5, 0.6) is 17.2 Å². The monoisotopic (exact) mass is 679 g/mol. The van der Waals surface area contributed by atoms with Crippen molar-refractivity contribution in [2.24, 2.45) is 0 Å². The Labute approximate surface area is 298 Å². The summed E-state index contributed by atoms with van der Waals surface area (Å²) < 4.78 is 5.78. The zero-order valence-corrected chi connectivity index (χ0v) is 31.2. The van der Waals surface area contributed by atoms with Crippen molar-refractivity contribution in [1.29, 1.82) is 5.26 Å². The van der Waals surface area contributed by atoms with E-state index in [4.69, 9.17) is 31.8 Å². The van der Waals surface area contributed by atoms with E-state index in [0.29, 0.717) is 23.5 Å². The van der Waals surface area contributed by atoms with Gasteiger partial charge in [0.1, 0.15) is 12.4 Å². The van der Waals surface area contributed by atoms with E-state index in [0.717, 1.165) is 16.7 Å². The lowest BCUT2D eigenvalue weighted by Crippen LogP contribution is -2.00. The summed E-state index contributed by atoms with van der Waals surface area (Å²) in [4.78, 5) is 11.2. The number of hydrogen-bond acceptors (Lipinski definition) is 5. The minimum absolute atomic E-state index is 0.0301. The molecule has 0 heterocycles. The van der Waals surface area contributed by atoms with Gasteiger partial charge in [-0.2, -0.15) is 5.26 Å². The van der Waals surface area contributed by atoms with Crippen LogP contribution in [-0.4, -0.2) is 15.5 Å². The molecule has 258 valence electrons. The molecule has 0 aliphatic heterocycles. The number of phenols is 2. The first kappa shape index (κ1) is 42.0. The third-order valence-corrected chi connectivity index (χ3v) is 8.27. The lowest BCUT2D eigenvalue weighted by Gasteiger charge is -2.12. The summed E-state index contributed by atoms with van der Waals surface area (Å²) in [5, 5.41) is 24.7. The summed E-state index contributed by atoms with van der Waals surface area (Å²) in [5.74, 6) is 0.611. The van der Waals surface area contributed by atoms with E-state index in [-0.39, 0.29) is 11.5 Å². The molecule has 0 radical (unpaired) electrons. The van der Waals surface area contributed by atoms with Crippen molar-refractivity contribution in [3.05, 3.63) is 158 Å². The second-order valence-electron chi connectivity index (χ2n) is 11.7. The number of aryl methyl sites for hydroxylation is 6. The van der Waals surface area contributed by atoms with Crippen molar-refractivity contribution in [3.63, 3.8) is 0 Å². The van der Waals surface area contributed by atoms with Gasteiger partial charge in [0, 0.05) is 12.5 Å². The van der Waals surface area contributed by atoms with Gasteiger partial charge in [-0.15, -0.1) is 0 Å². The van der Waals surface area contributed by atoms with E-state index in [2.05, 4.69) is 77.9 Å². The van der Waals surface area contributed by atoms with Crippen molar-refractivity contribution in [2.45, 2.75) is 75.8 Å². The number of para-hydroxylation sites is 1. The third-order valence-electron chi connectivity index (χ3n) is 8.05. The van der Waals surface area contributed by atoms with Crippen LogP contribution in [0.1, 0.15) is 72.9 Å². The average molecular weight is 680 g/mol. The Morgan fingerprint density at radius 2 is 1.06 bits per heavy atom. The van der Waals surface area contributed by atoms with E-state index >= 15 is 0 Å². The van der Waals surface area contributed by atoms with Gasteiger partial charge in [0.05, 0.1) is 6.07 Å². The molecule has 0 saturated carbocycles. The molecule has 5 aromatic carbocycles. The van der Waals surface area contributed by atoms with Crippen LogP contribution in [0.25, 0.3) is 0 Å². The van der Waals surface area contributed by atoms with Crippen LogP contribution in [0.2, 0.25) is 0 Å². The average Bonchev–Trinajstić information content (AvgIpc) is 3.07. The maximum atomic E-state index is 11.2. The number of halogens is 1. The number of nitrogens with zero attached hydrogens (tertiary/aromatic N) is 1. The van der Waals surface area contributed by atoms with Crippen LogP contribution in [0.15, 0.2) is 97.1 Å². The topological polar surface area (TPSA) is 90.6 Å². The summed E-state index contributed by atoms with van der Waals surface area (Å²) in [6.45, 7) is 20.4. The second-order valence-corrected chi connectivity index (χ2v) is 12.0. The molecule has 0 bridgehead atoms. The minimum atomic E-state index is -0.465. The van der Waals surface area contributed by atoms with Gasteiger partial charge in [-0.25, -0.2) is 0 Å². The summed E-state index contributed by atoms with van der Waals surface area (Å²) in [7, 11) is 0. The number of rotatable bonds is 4. The first-order chi connectivity index (χ1) is 23.1. The molecule has 0 aliphatic rings. The quantitative estimate of drug-likeness (QED) is 0.146. The van der Waals surface area contributed by atoms with E-state index in [1.165, 1.54) is 46.4 Å². The molecule has 0 unspecified atom stereocenters. The highest BCUT2D eigenvalue weighted by Crippen LogP contribution is 2.27. The standard InChI is InChI=1S/C16H15ClO2.2C9H12.C7H8O2.C2H3N/c1-11-8-14(16(17)18)9-15(12(11)2)19-10-13-6-4-3-5-7-13;2*1-7-5-4-6-8(2)9(7)3;1-5-3-2-4-6(8)7(5)9;1-2-3/h3-9H,10H2,1-2H3;2*4-6H,1-3H3;2-4,8-9H,1H3;1H3. The van der Waals surface area contributed by atoms with Crippen molar-refractivity contribution in [1.82, 2.24) is 0 Å². The van der Waals surface area contributed by atoms with Gasteiger partial charge in [0.25, 0.3) is 5.24 Å². The first-order valence-corrected chi connectivity index (χ1v) is 16.3. The molecular formula is C43H50ClNO4. The van der Waals surface area contributed by atoms with Gasteiger partial charge in [-0.05, 0) is 148 Å². The lowest BCUT2D eigenvalue weighted by molar-refractivity contribution is 0.108. The number of ether oxygens (including phenoxy) is 1. The predicted molar refractivity (Wildman–Crippen MR) is 204 cm³/mol. The van der Waals surface area contributed by atoms with E-state index in [9.17, 15) is 4.79 Å². The van der Waals surface area contributed by atoms with Crippen molar-refractivity contribution in [2.75, 3.05) is 0 Å². The molecule has 0 aliphatic carbocycles. The minimum Gasteiger partial charge on any atom is -0.504 e. The van der Waals surface area contributed by atoms with E-state index in [1.54, 1.807) is 37.3 Å². The van der Waals surface area contributed by atoms with Crippen LogP contribution < -0.4 is 4.74 Å². The van der Waals surface area contributed by atoms with Crippen LogP contribution in [0.4, 0.5) is 0 Å². The van der Waals surface area contributed by atoms with E-state index < -0.39 is 5.24 Å². The molecule has 0 fully saturated rings. The molecule has 0 aromatic heterocycles. The smallest absolute Gasteiger partial charge is 0.252 e. The summed E-state index contributed by atoms with van der Waals surface area (Å²) in [6.07, 6.45) is 0. The summed E-state index contributed by atoms with van der Waals surface area (Å²) in [5.41, 5.74) is 12.6. The highest BCUT2D eigenvalue weighted by molar-refractivity contribution is 6.67. The predicted octanol–water partition coefficient (Wildman–Crippen LogP) is 11.4. The van der Waals surface area contributed by atoms with Crippen molar-refractivity contribution < 1.29 is 19.7 Å². The van der Waals surface area contributed by atoms with Crippen LogP contribution in [-0.2, 0) is 6.61 Å². The van der Waals surface area contributed by atoms with Gasteiger partial charge >= 0.3 is 0 Å². The van der Waals surface area contributed by atoms with Gasteiger partial charge in [0.15, 0.2) is 11.5 Å². The molecule has 5 aromatic rings. The molecule has 0 atom stereocenters. The Morgan fingerprint density at radius 3 is 1.45 bits per heavy atom. The lowest BCUT2D eigenvalue weighted by atomic mass is 10.1. The van der Waals surface area contributed by atoms with Gasteiger partial charge in [-0.1, -0.05) is 78.9 Å². The van der Waals surface area contributed by atoms with Crippen molar-refractivity contribution in [3.8, 4) is 23.3 Å². The number of phenolic OH excluding ortho intramolecular Hbond substituents is 2. The highest BCUT2D eigenvalue weighted by atomic mass is 35.5. The molecular weight excluding hydrogens is 630 g/mol. The molecule has 6 heteroatoms. The zero-order valence-electron chi connectivity index (χ0n) is 30.5. The third kappa shape index (κ3) is 14.7.